The lowest BCUT2D eigenvalue weighted by Crippen LogP contribution is -2.07. The van der Waals surface area contributed by atoms with E-state index in [0.717, 1.165) is 60.8 Å². The van der Waals surface area contributed by atoms with Crippen LogP contribution in [0.1, 0.15) is 0 Å². The van der Waals surface area contributed by atoms with Crippen LogP contribution in [0.15, 0.2) is 200 Å². The fourth-order valence-electron chi connectivity index (χ4n) is 8.19. The molecule has 0 radical (unpaired) electrons. The second-order valence-electron chi connectivity index (χ2n) is 14.1. The maximum atomic E-state index is 5.38. The maximum absolute atomic E-state index is 5.38. The Labute approximate surface area is 323 Å². The molecule has 5 heteroatoms. The van der Waals surface area contributed by atoms with Crippen molar-refractivity contribution < 1.29 is 0 Å². The summed E-state index contributed by atoms with van der Waals surface area (Å²) in [5.74, 6) is 1.78. The van der Waals surface area contributed by atoms with Crippen LogP contribution in [-0.2, 0) is 0 Å². The molecule has 0 unspecified atom stereocenters. The lowest BCUT2D eigenvalue weighted by Gasteiger charge is -2.15. The molecule has 8 aromatic carbocycles. The Morgan fingerprint density at radius 1 is 0.286 bits per heavy atom. The summed E-state index contributed by atoms with van der Waals surface area (Å²) in [4.78, 5) is 15.8. The van der Waals surface area contributed by atoms with E-state index in [4.69, 9.17) is 15.0 Å². The number of benzene rings is 8. The van der Waals surface area contributed by atoms with E-state index in [-0.39, 0.29) is 0 Å². The summed E-state index contributed by atoms with van der Waals surface area (Å²) < 4.78 is 4.54. The molecule has 11 rings (SSSR count). The standard InChI is InChI=1S/C51H33N5/c1-3-15-34(16-4-1)35-27-29-36(30-28-35)38-31-32-42-41-21-9-13-25-46(41)56(48(42)33-38)51-53-49(37-17-5-2-6-18-37)52-50(54-51)43-22-10-14-26-47(43)55-44-23-11-7-19-39(44)40-20-8-12-24-45(40)55/h1-33H. The third-order valence-electron chi connectivity index (χ3n) is 10.8. The normalized spacial score (nSPS) is 11.6. The minimum atomic E-state index is 0.564. The number of nitrogens with zero attached hydrogens (tertiary/aromatic N) is 5. The van der Waals surface area contributed by atoms with E-state index in [9.17, 15) is 0 Å². The van der Waals surface area contributed by atoms with Crippen molar-refractivity contribution in [2.75, 3.05) is 0 Å². The minimum absolute atomic E-state index is 0.564. The lowest BCUT2D eigenvalue weighted by molar-refractivity contribution is 0.952. The van der Waals surface area contributed by atoms with Crippen molar-refractivity contribution in [1.82, 2.24) is 24.1 Å². The lowest BCUT2D eigenvalue weighted by atomic mass is 9.99. The highest BCUT2D eigenvalue weighted by Gasteiger charge is 2.21. The van der Waals surface area contributed by atoms with Crippen LogP contribution >= 0.6 is 0 Å². The van der Waals surface area contributed by atoms with E-state index in [1.54, 1.807) is 0 Å². The van der Waals surface area contributed by atoms with E-state index in [0.29, 0.717) is 17.6 Å². The first-order valence-electron chi connectivity index (χ1n) is 18.9. The van der Waals surface area contributed by atoms with Crippen LogP contribution in [0.3, 0.4) is 0 Å². The van der Waals surface area contributed by atoms with Gasteiger partial charge in [-0.1, -0.05) is 164 Å². The summed E-state index contributed by atoms with van der Waals surface area (Å²) in [6.45, 7) is 0. The Bertz CT molecular complexity index is 3180. The molecule has 5 nitrogen and oxygen atoms in total. The molecule has 56 heavy (non-hydrogen) atoms. The average Bonchev–Trinajstić information content (AvgIpc) is 3.79. The SMILES string of the molecule is c1ccc(-c2ccc(-c3ccc4c5ccccc5n(-c5nc(-c6ccccc6)nc(-c6ccccc6-n6c7ccccc7c7ccccc76)n5)c4c3)cc2)cc1. The summed E-state index contributed by atoms with van der Waals surface area (Å²) in [6, 6.07) is 70.3. The van der Waals surface area contributed by atoms with Gasteiger partial charge in [-0.25, -0.2) is 4.98 Å². The summed E-state index contributed by atoms with van der Waals surface area (Å²) in [5.41, 5.74) is 11.8. The van der Waals surface area contributed by atoms with Crippen LogP contribution in [0.25, 0.3) is 100 Å². The van der Waals surface area contributed by atoms with Crippen molar-refractivity contribution in [2.24, 2.45) is 0 Å². The Balaban J connectivity index is 1.14. The number of hydrogen-bond acceptors (Lipinski definition) is 3. The Morgan fingerprint density at radius 3 is 1.38 bits per heavy atom. The topological polar surface area (TPSA) is 48.5 Å². The minimum Gasteiger partial charge on any atom is -0.309 e. The largest absolute Gasteiger partial charge is 0.309 e. The number of para-hydroxylation sites is 4. The van der Waals surface area contributed by atoms with Gasteiger partial charge in [-0.2, -0.15) is 9.97 Å². The highest BCUT2D eigenvalue weighted by Crippen LogP contribution is 2.38. The average molecular weight is 716 g/mol. The molecule has 11 aromatic rings. The van der Waals surface area contributed by atoms with Gasteiger partial charge in [0.15, 0.2) is 11.6 Å². The molecule has 0 aliphatic rings. The van der Waals surface area contributed by atoms with E-state index >= 15 is 0 Å². The molecule has 0 saturated carbocycles. The van der Waals surface area contributed by atoms with Gasteiger partial charge in [-0.15, -0.1) is 0 Å². The summed E-state index contributed by atoms with van der Waals surface area (Å²) in [5, 5.41) is 4.69. The Hall–Kier alpha value is -7.63. The van der Waals surface area contributed by atoms with Gasteiger partial charge >= 0.3 is 0 Å². The van der Waals surface area contributed by atoms with Crippen molar-refractivity contribution in [1.29, 1.82) is 0 Å². The number of rotatable bonds is 6. The molecule has 0 aliphatic heterocycles. The quantitative estimate of drug-likeness (QED) is 0.172. The van der Waals surface area contributed by atoms with Gasteiger partial charge in [0.05, 0.1) is 27.8 Å². The Kier molecular flexibility index (Phi) is 7.42. The zero-order chi connectivity index (χ0) is 37.0. The zero-order valence-electron chi connectivity index (χ0n) is 30.3. The molecule has 0 spiro atoms. The molecule has 0 atom stereocenters. The molecule has 3 aromatic heterocycles. The first-order valence-corrected chi connectivity index (χ1v) is 18.9. The van der Waals surface area contributed by atoms with Crippen molar-refractivity contribution in [3.8, 4) is 56.7 Å². The van der Waals surface area contributed by atoms with Gasteiger partial charge in [0, 0.05) is 32.7 Å². The molecule has 0 fully saturated rings. The second-order valence-corrected chi connectivity index (χ2v) is 14.1. The van der Waals surface area contributed by atoms with Crippen LogP contribution in [0, 0.1) is 0 Å². The van der Waals surface area contributed by atoms with Crippen molar-refractivity contribution in [3.05, 3.63) is 200 Å². The highest BCUT2D eigenvalue weighted by molar-refractivity contribution is 6.11. The van der Waals surface area contributed by atoms with Crippen molar-refractivity contribution in [3.63, 3.8) is 0 Å². The van der Waals surface area contributed by atoms with Crippen LogP contribution < -0.4 is 0 Å². The van der Waals surface area contributed by atoms with E-state index < -0.39 is 0 Å². The summed E-state index contributed by atoms with van der Waals surface area (Å²) >= 11 is 0. The van der Waals surface area contributed by atoms with Crippen molar-refractivity contribution >= 4 is 43.6 Å². The van der Waals surface area contributed by atoms with Crippen LogP contribution in [-0.4, -0.2) is 24.1 Å². The molecule has 0 amide bonds. The molecule has 262 valence electrons. The van der Waals surface area contributed by atoms with Crippen molar-refractivity contribution in [2.45, 2.75) is 0 Å². The zero-order valence-corrected chi connectivity index (χ0v) is 30.3. The van der Waals surface area contributed by atoms with Crippen LogP contribution in [0.2, 0.25) is 0 Å². The molecule has 3 heterocycles. The van der Waals surface area contributed by atoms with Gasteiger partial charge < -0.3 is 4.57 Å². The molecule has 0 bridgehead atoms. The number of hydrogen-bond donors (Lipinski definition) is 0. The fourth-order valence-corrected chi connectivity index (χ4v) is 8.19. The van der Waals surface area contributed by atoms with E-state index in [1.807, 2.05) is 18.2 Å². The van der Waals surface area contributed by atoms with Gasteiger partial charge in [0.2, 0.25) is 5.95 Å². The maximum Gasteiger partial charge on any atom is 0.238 e. The third-order valence-corrected chi connectivity index (χ3v) is 10.8. The van der Waals surface area contributed by atoms with E-state index in [2.05, 4.69) is 191 Å². The summed E-state index contributed by atoms with van der Waals surface area (Å²) in [7, 11) is 0. The van der Waals surface area contributed by atoms with Crippen LogP contribution in [0.5, 0.6) is 0 Å². The number of fused-ring (bicyclic) bond motifs is 6. The van der Waals surface area contributed by atoms with E-state index in [1.165, 1.54) is 21.9 Å². The summed E-state index contributed by atoms with van der Waals surface area (Å²) in [6.07, 6.45) is 0. The smallest absolute Gasteiger partial charge is 0.238 e. The molecule has 0 aliphatic carbocycles. The van der Waals surface area contributed by atoms with Crippen LogP contribution in [0.4, 0.5) is 0 Å². The number of aromatic nitrogens is 5. The first-order chi connectivity index (χ1) is 27.8. The van der Waals surface area contributed by atoms with Gasteiger partial charge in [-0.3, -0.25) is 4.57 Å². The molecular weight excluding hydrogens is 683 g/mol. The van der Waals surface area contributed by atoms with Gasteiger partial charge in [0.1, 0.15) is 0 Å². The first kappa shape index (κ1) is 31.9. The predicted molar refractivity (Wildman–Crippen MR) is 230 cm³/mol. The van der Waals surface area contributed by atoms with Gasteiger partial charge in [-0.05, 0) is 58.7 Å². The highest BCUT2D eigenvalue weighted by atomic mass is 15.2. The predicted octanol–water partition coefficient (Wildman–Crippen LogP) is 12.7. The molecule has 0 saturated heterocycles. The van der Waals surface area contributed by atoms with Gasteiger partial charge in [0.25, 0.3) is 0 Å². The fraction of sp³-hybridized carbons (Fsp3) is 0. The molecule has 0 N–H and O–H groups in total. The monoisotopic (exact) mass is 715 g/mol. The second kappa shape index (κ2) is 13.0. The molecular formula is C51H33N5. The third kappa shape index (κ3) is 5.21. The Morgan fingerprint density at radius 2 is 0.732 bits per heavy atom.